The normalized spacial score (nSPS) is 11.2. The maximum Gasteiger partial charge on any atom is 0.259 e. The lowest BCUT2D eigenvalue weighted by atomic mass is 10.0. The number of nitrogens with zero attached hydrogens (tertiary/aromatic N) is 2. The smallest absolute Gasteiger partial charge is 0.259 e. The molecule has 0 aliphatic rings. The topological polar surface area (TPSA) is 70.1 Å². The van der Waals surface area contributed by atoms with Gasteiger partial charge in [-0.25, -0.2) is 8.78 Å². The molecule has 0 unspecified atom stereocenters. The van der Waals surface area contributed by atoms with Crippen LogP contribution in [0.3, 0.4) is 0 Å². The van der Waals surface area contributed by atoms with E-state index >= 15 is 0 Å². The number of hydrogen-bond acceptors (Lipinski definition) is 4. The minimum atomic E-state index is -0.949. The molecule has 0 amide bonds. The zero-order chi connectivity index (χ0) is 18.1. The van der Waals surface area contributed by atoms with E-state index in [0.29, 0.717) is 10.9 Å². The molecule has 0 aliphatic carbocycles. The predicted molar refractivity (Wildman–Crippen MR) is 92.4 cm³/mol. The summed E-state index contributed by atoms with van der Waals surface area (Å²) in [7, 11) is 1.51. The van der Waals surface area contributed by atoms with Gasteiger partial charge in [0.2, 0.25) is 0 Å². The van der Waals surface area contributed by atoms with Gasteiger partial charge in [-0.3, -0.25) is 9.78 Å². The van der Waals surface area contributed by atoms with Crippen molar-refractivity contribution in [2.75, 3.05) is 19.5 Å². The lowest BCUT2D eigenvalue weighted by Crippen LogP contribution is -2.25. The molecule has 0 aliphatic heterocycles. The second-order valence-corrected chi connectivity index (χ2v) is 5.72. The number of nitrogens with two attached hydrogens (primary N) is 1. The molecule has 0 saturated carbocycles. The summed E-state index contributed by atoms with van der Waals surface area (Å²) in [6.07, 6.45) is 1.57. The van der Waals surface area contributed by atoms with Crippen molar-refractivity contribution in [1.29, 1.82) is 0 Å². The van der Waals surface area contributed by atoms with Crippen molar-refractivity contribution < 1.29 is 13.5 Å². The lowest BCUT2D eigenvalue weighted by molar-refractivity contribution is 0.187. The molecule has 5 nitrogen and oxygen atoms in total. The summed E-state index contributed by atoms with van der Waals surface area (Å²) in [5.41, 5.74) is 5.63. The second kappa shape index (κ2) is 6.60. The van der Waals surface area contributed by atoms with Gasteiger partial charge < -0.3 is 15.0 Å². The summed E-state index contributed by atoms with van der Waals surface area (Å²) in [6, 6.07) is 5.37. The molecule has 130 valence electrons. The maximum atomic E-state index is 14.4. The molecule has 2 N–H and O–H groups in total. The van der Waals surface area contributed by atoms with Gasteiger partial charge in [-0.2, -0.15) is 0 Å². The molecule has 0 bridgehead atoms. The summed E-state index contributed by atoms with van der Waals surface area (Å²) in [6.45, 7) is 2.33. The highest BCUT2D eigenvalue weighted by atomic mass is 19.1. The zero-order valence-electron chi connectivity index (χ0n) is 13.8. The van der Waals surface area contributed by atoms with Crippen LogP contribution in [0.4, 0.5) is 14.5 Å². The maximum absolute atomic E-state index is 14.4. The molecule has 0 spiro atoms. The van der Waals surface area contributed by atoms with Crippen molar-refractivity contribution in [3.8, 4) is 11.1 Å². The van der Waals surface area contributed by atoms with E-state index in [4.69, 9.17) is 10.5 Å². The van der Waals surface area contributed by atoms with E-state index in [0.717, 1.165) is 17.8 Å². The van der Waals surface area contributed by atoms with Crippen LogP contribution in [-0.2, 0) is 11.3 Å². The quantitative estimate of drug-likeness (QED) is 0.738. The molecular formula is C18H17F2N3O2. The van der Waals surface area contributed by atoms with Crippen molar-refractivity contribution in [1.82, 2.24) is 9.55 Å². The van der Waals surface area contributed by atoms with Gasteiger partial charge in [-0.15, -0.1) is 0 Å². The number of hydrogen-bond donors (Lipinski definition) is 1. The number of benzene rings is 1. The van der Waals surface area contributed by atoms with E-state index in [2.05, 4.69) is 4.98 Å². The number of ether oxygens (including phenoxy) is 1. The van der Waals surface area contributed by atoms with Crippen LogP contribution in [0.15, 0.2) is 35.3 Å². The van der Waals surface area contributed by atoms with Gasteiger partial charge in [0, 0.05) is 30.9 Å². The highest BCUT2D eigenvalue weighted by Gasteiger charge is 2.20. The van der Waals surface area contributed by atoms with E-state index in [9.17, 15) is 13.6 Å². The van der Waals surface area contributed by atoms with Gasteiger partial charge in [0.1, 0.15) is 5.82 Å². The molecule has 7 heteroatoms. The van der Waals surface area contributed by atoms with Crippen molar-refractivity contribution in [3.05, 3.63) is 58.1 Å². The molecule has 3 rings (SSSR count). The van der Waals surface area contributed by atoms with E-state index < -0.39 is 22.8 Å². The third-order valence-electron chi connectivity index (χ3n) is 4.02. The Bertz CT molecular complexity index is 1020. The molecule has 0 fully saturated rings. The number of aryl methyl sites for hydroxylation is 1. The Kier molecular flexibility index (Phi) is 4.50. The van der Waals surface area contributed by atoms with Gasteiger partial charge in [0.15, 0.2) is 5.82 Å². The van der Waals surface area contributed by atoms with Crippen LogP contribution in [0.2, 0.25) is 0 Å². The Morgan fingerprint density at radius 2 is 2.04 bits per heavy atom. The minimum absolute atomic E-state index is 0.100. The molecule has 1 aromatic carbocycles. The van der Waals surface area contributed by atoms with Crippen molar-refractivity contribution >= 4 is 16.6 Å². The Labute approximate surface area is 142 Å². The average Bonchev–Trinajstić information content (AvgIpc) is 2.59. The summed E-state index contributed by atoms with van der Waals surface area (Å²) >= 11 is 0. The average molecular weight is 345 g/mol. The summed E-state index contributed by atoms with van der Waals surface area (Å²) < 4.78 is 35.2. The third-order valence-corrected chi connectivity index (χ3v) is 4.02. The molecule has 2 aromatic heterocycles. The summed E-state index contributed by atoms with van der Waals surface area (Å²) in [5, 5.41) is 0.595. The first kappa shape index (κ1) is 17.0. The molecule has 2 heterocycles. The number of fused-ring (bicyclic) bond motifs is 1. The Hall–Kier alpha value is -2.80. The lowest BCUT2D eigenvalue weighted by Gasteiger charge is -2.14. The van der Waals surface area contributed by atoms with E-state index in [1.165, 1.54) is 17.7 Å². The number of nitrogen functional groups attached to an aromatic ring is 1. The number of pyridine rings is 2. The first-order valence-corrected chi connectivity index (χ1v) is 7.67. The fraction of sp³-hybridized carbons (Fsp3) is 0.222. The zero-order valence-corrected chi connectivity index (χ0v) is 13.8. The largest absolute Gasteiger partial charge is 0.396 e. The molecular weight excluding hydrogens is 328 g/mol. The summed E-state index contributed by atoms with van der Waals surface area (Å²) in [5.74, 6) is -1.80. The fourth-order valence-corrected chi connectivity index (χ4v) is 2.77. The number of anilines is 1. The van der Waals surface area contributed by atoms with E-state index in [1.807, 2.05) is 0 Å². The van der Waals surface area contributed by atoms with Crippen LogP contribution in [-0.4, -0.2) is 23.3 Å². The monoisotopic (exact) mass is 345 g/mol. The fourth-order valence-electron chi connectivity index (χ4n) is 2.77. The molecule has 3 aromatic rings. The third kappa shape index (κ3) is 2.98. The highest BCUT2D eigenvalue weighted by molar-refractivity contribution is 5.84. The Morgan fingerprint density at radius 1 is 1.28 bits per heavy atom. The number of methoxy groups -OCH3 is 1. The minimum Gasteiger partial charge on any atom is -0.396 e. The Morgan fingerprint density at radius 3 is 2.76 bits per heavy atom. The van der Waals surface area contributed by atoms with Gasteiger partial charge in [-0.1, -0.05) is 0 Å². The van der Waals surface area contributed by atoms with Crippen LogP contribution in [0.1, 0.15) is 5.69 Å². The SMILES string of the molecule is COCCn1c(=O)c(-c2c(F)ccc(N)c2F)cc2cnc(C)cc21. The molecule has 0 saturated heterocycles. The van der Waals surface area contributed by atoms with Crippen LogP contribution >= 0.6 is 0 Å². The highest BCUT2D eigenvalue weighted by Crippen LogP contribution is 2.29. The molecule has 0 radical (unpaired) electrons. The molecule has 0 atom stereocenters. The predicted octanol–water partition coefficient (Wildman–Crippen LogP) is 2.88. The van der Waals surface area contributed by atoms with Crippen LogP contribution in [0.5, 0.6) is 0 Å². The molecule has 25 heavy (non-hydrogen) atoms. The van der Waals surface area contributed by atoms with Crippen LogP contribution < -0.4 is 11.3 Å². The van der Waals surface area contributed by atoms with Crippen molar-refractivity contribution in [2.24, 2.45) is 0 Å². The van der Waals surface area contributed by atoms with Crippen LogP contribution in [0, 0.1) is 18.6 Å². The van der Waals surface area contributed by atoms with Crippen molar-refractivity contribution in [3.63, 3.8) is 0 Å². The van der Waals surface area contributed by atoms with Gasteiger partial charge in [0.25, 0.3) is 5.56 Å². The van der Waals surface area contributed by atoms with Crippen molar-refractivity contribution in [2.45, 2.75) is 13.5 Å². The van der Waals surface area contributed by atoms with Gasteiger partial charge in [0.05, 0.1) is 28.9 Å². The Balaban J connectivity index is 2.38. The second-order valence-electron chi connectivity index (χ2n) is 5.72. The number of halogens is 2. The number of aromatic nitrogens is 2. The van der Waals surface area contributed by atoms with Gasteiger partial charge in [-0.05, 0) is 31.2 Å². The standard InChI is InChI=1S/C18H17F2N3O2/c1-10-7-15-11(9-22-10)8-12(18(24)23(15)5-6-25-2)16-13(19)3-4-14(21)17(16)20/h3-4,7-9H,5-6,21H2,1-2H3. The number of rotatable bonds is 4. The van der Waals surface area contributed by atoms with Crippen LogP contribution in [0.25, 0.3) is 22.0 Å². The van der Waals surface area contributed by atoms with E-state index in [-0.39, 0.29) is 24.4 Å². The van der Waals surface area contributed by atoms with Gasteiger partial charge >= 0.3 is 0 Å². The summed E-state index contributed by atoms with van der Waals surface area (Å²) in [4.78, 5) is 17.1. The first-order chi connectivity index (χ1) is 11.9. The first-order valence-electron chi connectivity index (χ1n) is 7.67. The van der Waals surface area contributed by atoms with E-state index in [1.54, 1.807) is 19.2 Å².